The van der Waals surface area contributed by atoms with Crippen molar-refractivity contribution in [2.45, 2.75) is 32.6 Å². The number of rotatable bonds is 13. The van der Waals surface area contributed by atoms with Crippen LogP contribution in [0.4, 0.5) is 0 Å². The van der Waals surface area contributed by atoms with Crippen molar-refractivity contribution in [2.75, 3.05) is 13.2 Å². The van der Waals surface area contributed by atoms with Crippen LogP contribution in [-0.4, -0.2) is 35.7 Å². The number of hydrogen-bond donors (Lipinski definition) is 1. The van der Waals surface area contributed by atoms with Gasteiger partial charge in [-0.3, -0.25) is 4.79 Å². The first kappa shape index (κ1) is 24.7. The Labute approximate surface area is 200 Å². The third-order valence-electron chi connectivity index (χ3n) is 5.17. The van der Waals surface area contributed by atoms with Gasteiger partial charge in [0, 0.05) is 6.42 Å². The highest BCUT2D eigenvalue weighted by Crippen LogP contribution is 2.20. The van der Waals surface area contributed by atoms with Gasteiger partial charge in [0.1, 0.15) is 13.2 Å². The Morgan fingerprint density at radius 3 is 2.00 bits per heavy atom. The summed E-state index contributed by atoms with van der Waals surface area (Å²) in [4.78, 5) is 21.8. The molecule has 0 aliphatic heterocycles. The first-order valence-corrected chi connectivity index (χ1v) is 11.4. The van der Waals surface area contributed by atoms with Gasteiger partial charge in [-0.25, -0.2) is 0 Å². The highest BCUT2D eigenvalue weighted by molar-refractivity contribution is 6.01. The van der Waals surface area contributed by atoms with Crippen LogP contribution in [0, 0.1) is 0 Å². The van der Waals surface area contributed by atoms with E-state index >= 15 is 0 Å². The summed E-state index contributed by atoms with van der Waals surface area (Å²) in [5, 5.41) is 17.4. The quantitative estimate of drug-likeness (QED) is 0.189. The molecule has 0 unspecified atom stereocenters. The minimum absolute atomic E-state index is 0.0105. The van der Waals surface area contributed by atoms with Crippen molar-refractivity contribution in [2.24, 2.45) is 10.3 Å². The summed E-state index contributed by atoms with van der Waals surface area (Å²) in [6, 6.07) is 28.0. The second-order valence-corrected chi connectivity index (χ2v) is 7.79. The summed E-state index contributed by atoms with van der Waals surface area (Å²) in [5.74, 6) is -0.858. The molecule has 176 valence electrons. The van der Waals surface area contributed by atoms with Gasteiger partial charge in [0.25, 0.3) is 0 Å². The number of aliphatic carboxylic acids is 1. The van der Waals surface area contributed by atoms with Crippen molar-refractivity contribution >= 4 is 17.4 Å². The molecular weight excluding hydrogens is 428 g/mol. The van der Waals surface area contributed by atoms with E-state index in [2.05, 4.69) is 34.6 Å². The average molecular weight is 459 g/mol. The van der Waals surface area contributed by atoms with E-state index < -0.39 is 5.97 Å². The lowest BCUT2D eigenvalue weighted by atomic mass is 10.0. The standard InChI is InChI=1S/C28H30N2O4/c1-22(25-15-10-16-26(21-25)23-11-4-2-5-12-23)29-33-19-8-9-20-34-30-27(17-18-28(31)32)24-13-6-3-7-14-24/h2-7,10-16,21H,8-9,17-20H2,1H3,(H,31,32)/b29-22+,30-27-. The predicted octanol–water partition coefficient (Wildman–Crippen LogP) is 6.16. The lowest BCUT2D eigenvalue weighted by molar-refractivity contribution is -0.136. The number of hydrogen-bond acceptors (Lipinski definition) is 5. The third-order valence-corrected chi connectivity index (χ3v) is 5.17. The van der Waals surface area contributed by atoms with Gasteiger partial charge in [-0.15, -0.1) is 0 Å². The topological polar surface area (TPSA) is 80.5 Å². The molecule has 0 saturated heterocycles. The molecule has 1 N–H and O–H groups in total. The van der Waals surface area contributed by atoms with E-state index in [1.807, 2.05) is 67.6 Å². The number of nitrogens with zero attached hydrogens (tertiary/aromatic N) is 2. The number of carboxylic acid groups (broad SMARTS) is 1. The van der Waals surface area contributed by atoms with E-state index in [0.29, 0.717) is 25.3 Å². The Hall–Kier alpha value is -3.93. The Balaban J connectivity index is 1.42. The van der Waals surface area contributed by atoms with E-state index in [0.717, 1.165) is 35.2 Å². The van der Waals surface area contributed by atoms with Gasteiger partial charge in [-0.05, 0) is 48.1 Å². The highest BCUT2D eigenvalue weighted by atomic mass is 16.6. The molecule has 0 bridgehead atoms. The van der Waals surface area contributed by atoms with E-state index in [9.17, 15) is 4.79 Å². The second-order valence-electron chi connectivity index (χ2n) is 7.79. The Morgan fingerprint density at radius 2 is 1.32 bits per heavy atom. The molecule has 6 heteroatoms. The zero-order valence-electron chi connectivity index (χ0n) is 19.4. The molecular formula is C28H30N2O4. The number of benzene rings is 3. The summed E-state index contributed by atoms with van der Waals surface area (Å²) < 4.78 is 0. The Bertz CT molecular complexity index is 1100. The van der Waals surface area contributed by atoms with Crippen molar-refractivity contribution in [3.8, 4) is 11.1 Å². The number of oxime groups is 2. The average Bonchev–Trinajstić information content (AvgIpc) is 2.88. The van der Waals surface area contributed by atoms with E-state index in [1.165, 1.54) is 5.56 Å². The Morgan fingerprint density at radius 1 is 0.735 bits per heavy atom. The summed E-state index contributed by atoms with van der Waals surface area (Å²) in [6.07, 6.45) is 1.85. The molecule has 0 radical (unpaired) electrons. The molecule has 6 nitrogen and oxygen atoms in total. The number of carboxylic acids is 1. The molecule has 0 aliphatic carbocycles. The summed E-state index contributed by atoms with van der Waals surface area (Å²) in [5.41, 5.74) is 5.66. The van der Waals surface area contributed by atoms with Crippen molar-refractivity contribution in [1.29, 1.82) is 0 Å². The molecule has 0 saturated carbocycles. The predicted molar refractivity (Wildman–Crippen MR) is 135 cm³/mol. The molecule has 34 heavy (non-hydrogen) atoms. The molecule has 3 aromatic rings. The summed E-state index contributed by atoms with van der Waals surface area (Å²) in [7, 11) is 0. The van der Waals surface area contributed by atoms with Crippen LogP contribution in [-0.2, 0) is 14.5 Å². The van der Waals surface area contributed by atoms with Crippen LogP contribution >= 0.6 is 0 Å². The fraction of sp³-hybridized carbons (Fsp3) is 0.250. The maximum Gasteiger partial charge on any atom is 0.303 e. The molecule has 3 aromatic carbocycles. The SMILES string of the molecule is C/C(=N\OCCCCO/N=C(/CCC(=O)O)c1ccccc1)c1cccc(-c2ccccc2)c1. The lowest BCUT2D eigenvalue weighted by Crippen LogP contribution is -2.06. The van der Waals surface area contributed by atoms with Gasteiger partial charge < -0.3 is 14.8 Å². The monoisotopic (exact) mass is 458 g/mol. The van der Waals surface area contributed by atoms with Crippen LogP contribution in [0.2, 0.25) is 0 Å². The van der Waals surface area contributed by atoms with Crippen LogP contribution in [0.1, 0.15) is 43.7 Å². The highest BCUT2D eigenvalue weighted by Gasteiger charge is 2.07. The first-order chi connectivity index (χ1) is 16.6. The van der Waals surface area contributed by atoms with Gasteiger partial charge in [-0.1, -0.05) is 89.2 Å². The molecule has 3 rings (SSSR count). The van der Waals surface area contributed by atoms with E-state index in [1.54, 1.807) is 0 Å². The molecule has 0 heterocycles. The maximum absolute atomic E-state index is 10.9. The van der Waals surface area contributed by atoms with Gasteiger partial charge in [0.2, 0.25) is 0 Å². The molecule has 0 atom stereocenters. The van der Waals surface area contributed by atoms with Gasteiger partial charge in [0.15, 0.2) is 0 Å². The summed E-state index contributed by atoms with van der Waals surface area (Å²) in [6.45, 7) is 2.84. The van der Waals surface area contributed by atoms with Gasteiger partial charge in [-0.2, -0.15) is 0 Å². The van der Waals surface area contributed by atoms with Gasteiger partial charge in [0.05, 0.1) is 17.8 Å². The van der Waals surface area contributed by atoms with Crippen molar-refractivity contribution in [3.63, 3.8) is 0 Å². The zero-order chi connectivity index (χ0) is 24.0. The minimum atomic E-state index is -0.858. The van der Waals surface area contributed by atoms with Crippen molar-refractivity contribution in [1.82, 2.24) is 0 Å². The number of carbonyl (C=O) groups is 1. The normalized spacial score (nSPS) is 11.8. The van der Waals surface area contributed by atoms with Crippen LogP contribution in [0.3, 0.4) is 0 Å². The van der Waals surface area contributed by atoms with Crippen molar-refractivity contribution < 1.29 is 19.6 Å². The van der Waals surface area contributed by atoms with Crippen LogP contribution in [0.5, 0.6) is 0 Å². The van der Waals surface area contributed by atoms with E-state index in [4.69, 9.17) is 14.8 Å². The van der Waals surface area contributed by atoms with Crippen LogP contribution < -0.4 is 0 Å². The molecule has 0 amide bonds. The second kappa shape index (κ2) is 13.6. The fourth-order valence-corrected chi connectivity index (χ4v) is 3.30. The van der Waals surface area contributed by atoms with Crippen LogP contribution in [0.15, 0.2) is 95.2 Å². The van der Waals surface area contributed by atoms with E-state index in [-0.39, 0.29) is 6.42 Å². The first-order valence-electron chi connectivity index (χ1n) is 11.4. The largest absolute Gasteiger partial charge is 0.481 e. The maximum atomic E-state index is 10.9. The smallest absolute Gasteiger partial charge is 0.303 e. The van der Waals surface area contributed by atoms with Crippen molar-refractivity contribution in [3.05, 3.63) is 96.1 Å². The third kappa shape index (κ3) is 8.20. The fourth-order valence-electron chi connectivity index (χ4n) is 3.30. The Kier molecular flexibility index (Phi) is 9.87. The van der Waals surface area contributed by atoms with Gasteiger partial charge >= 0.3 is 5.97 Å². The molecule has 0 fully saturated rings. The van der Waals surface area contributed by atoms with Crippen LogP contribution in [0.25, 0.3) is 11.1 Å². The molecule has 0 spiro atoms. The molecule has 0 aromatic heterocycles. The number of unbranched alkanes of at least 4 members (excludes halogenated alkanes) is 1. The zero-order valence-corrected chi connectivity index (χ0v) is 19.4. The lowest BCUT2D eigenvalue weighted by Gasteiger charge is -2.07. The molecule has 0 aliphatic rings. The summed E-state index contributed by atoms with van der Waals surface area (Å²) >= 11 is 0. The minimum Gasteiger partial charge on any atom is -0.481 e.